The number of nitrogens with zero attached hydrogens (tertiary/aromatic N) is 1. The highest BCUT2D eigenvalue weighted by Crippen LogP contribution is 2.29. The zero-order valence-corrected chi connectivity index (χ0v) is 9.19. The number of aliphatic carboxylic acids is 1. The van der Waals surface area contributed by atoms with E-state index in [-0.39, 0.29) is 5.92 Å². The fraction of sp³-hybridized carbons (Fsp3) is 0.909. The van der Waals surface area contributed by atoms with E-state index in [1.807, 2.05) is 0 Å². The molecule has 0 aromatic rings. The first-order valence-electron chi connectivity index (χ1n) is 5.73. The Balaban J connectivity index is 1.93. The Kier molecular flexibility index (Phi) is 3.26. The van der Waals surface area contributed by atoms with Crippen molar-refractivity contribution in [3.8, 4) is 0 Å². The summed E-state index contributed by atoms with van der Waals surface area (Å²) >= 11 is 0. The molecule has 2 heterocycles. The number of hydrogen-bond donors (Lipinski definition) is 1. The lowest BCUT2D eigenvalue weighted by Crippen LogP contribution is -2.47. The summed E-state index contributed by atoms with van der Waals surface area (Å²) in [5.41, 5.74) is 0. The van der Waals surface area contributed by atoms with Crippen LogP contribution in [0.25, 0.3) is 0 Å². The maximum atomic E-state index is 10.8. The second-order valence-corrected chi connectivity index (χ2v) is 4.74. The van der Waals surface area contributed by atoms with Crippen LogP contribution in [0, 0.1) is 11.8 Å². The van der Waals surface area contributed by atoms with Crippen molar-refractivity contribution < 1.29 is 14.6 Å². The van der Waals surface area contributed by atoms with E-state index < -0.39 is 5.97 Å². The van der Waals surface area contributed by atoms with Crippen LogP contribution in [-0.4, -0.2) is 48.3 Å². The first kappa shape index (κ1) is 10.9. The molecule has 0 aliphatic carbocycles. The summed E-state index contributed by atoms with van der Waals surface area (Å²) in [5.74, 6) is -0.333. The SMILES string of the molecule is CC(CN1CCCC2COCC21)C(=O)O. The normalized spacial score (nSPS) is 33.7. The number of carbonyl (C=O) groups is 1. The standard InChI is InChI=1S/C11H19NO3/c1-8(11(13)14)5-12-4-2-3-9-6-15-7-10(9)12/h8-10H,2-7H2,1H3,(H,13,14). The van der Waals surface area contributed by atoms with Crippen LogP contribution < -0.4 is 0 Å². The predicted octanol–water partition coefficient (Wildman–Crippen LogP) is 0.818. The van der Waals surface area contributed by atoms with Crippen molar-refractivity contribution in [3.05, 3.63) is 0 Å². The zero-order chi connectivity index (χ0) is 10.8. The first-order valence-corrected chi connectivity index (χ1v) is 5.73. The lowest BCUT2D eigenvalue weighted by molar-refractivity contribution is -0.142. The summed E-state index contributed by atoms with van der Waals surface area (Å²) in [6.45, 7) is 5.13. The third-order valence-electron chi connectivity index (χ3n) is 3.58. The van der Waals surface area contributed by atoms with E-state index in [2.05, 4.69) is 4.90 Å². The lowest BCUT2D eigenvalue weighted by atomic mass is 9.91. The van der Waals surface area contributed by atoms with E-state index in [1.54, 1.807) is 6.92 Å². The van der Waals surface area contributed by atoms with Crippen molar-refractivity contribution in [2.45, 2.75) is 25.8 Å². The van der Waals surface area contributed by atoms with Crippen LogP contribution in [-0.2, 0) is 9.53 Å². The Bertz CT molecular complexity index is 244. The Hall–Kier alpha value is -0.610. The van der Waals surface area contributed by atoms with Crippen molar-refractivity contribution in [1.29, 1.82) is 0 Å². The third kappa shape index (κ3) is 2.32. The van der Waals surface area contributed by atoms with Crippen molar-refractivity contribution in [1.82, 2.24) is 4.90 Å². The van der Waals surface area contributed by atoms with Crippen LogP contribution in [0.1, 0.15) is 19.8 Å². The van der Waals surface area contributed by atoms with Gasteiger partial charge in [0, 0.05) is 18.5 Å². The average Bonchev–Trinajstić information content (AvgIpc) is 2.66. The first-order chi connectivity index (χ1) is 7.18. The molecule has 3 unspecified atom stereocenters. The van der Waals surface area contributed by atoms with Gasteiger partial charge in [0.15, 0.2) is 0 Å². The van der Waals surface area contributed by atoms with Crippen LogP contribution in [0.15, 0.2) is 0 Å². The summed E-state index contributed by atoms with van der Waals surface area (Å²) in [6, 6.07) is 0.473. The smallest absolute Gasteiger partial charge is 0.307 e. The molecule has 0 amide bonds. The van der Waals surface area contributed by atoms with Crippen molar-refractivity contribution in [3.63, 3.8) is 0 Å². The van der Waals surface area contributed by atoms with Crippen LogP contribution >= 0.6 is 0 Å². The molecule has 0 aromatic carbocycles. The molecule has 2 saturated heterocycles. The van der Waals surface area contributed by atoms with E-state index in [0.29, 0.717) is 18.5 Å². The third-order valence-corrected chi connectivity index (χ3v) is 3.58. The highest BCUT2D eigenvalue weighted by molar-refractivity contribution is 5.69. The van der Waals surface area contributed by atoms with Crippen LogP contribution in [0.5, 0.6) is 0 Å². The van der Waals surface area contributed by atoms with Crippen molar-refractivity contribution in [2.75, 3.05) is 26.3 Å². The van der Waals surface area contributed by atoms with Gasteiger partial charge in [0.05, 0.1) is 19.1 Å². The molecular formula is C11H19NO3. The fourth-order valence-electron chi connectivity index (χ4n) is 2.65. The molecule has 2 aliphatic rings. The van der Waals surface area contributed by atoms with Gasteiger partial charge < -0.3 is 9.84 Å². The average molecular weight is 213 g/mol. The number of likely N-dealkylation sites (tertiary alicyclic amines) is 1. The summed E-state index contributed by atoms with van der Waals surface area (Å²) in [6.07, 6.45) is 2.42. The van der Waals surface area contributed by atoms with Crippen LogP contribution in [0.3, 0.4) is 0 Å². The summed E-state index contributed by atoms with van der Waals surface area (Å²) in [7, 11) is 0. The minimum atomic E-state index is -0.698. The molecule has 1 N–H and O–H groups in total. The maximum Gasteiger partial charge on any atom is 0.307 e. The Labute approximate surface area is 90.2 Å². The molecule has 0 radical (unpaired) electrons. The topological polar surface area (TPSA) is 49.8 Å². The van der Waals surface area contributed by atoms with E-state index in [4.69, 9.17) is 9.84 Å². The second kappa shape index (κ2) is 4.49. The van der Waals surface area contributed by atoms with Crippen LogP contribution in [0.4, 0.5) is 0 Å². The van der Waals surface area contributed by atoms with Crippen molar-refractivity contribution in [2.24, 2.45) is 11.8 Å². The number of carboxylic acid groups (broad SMARTS) is 1. The number of piperidine rings is 1. The van der Waals surface area contributed by atoms with E-state index in [0.717, 1.165) is 19.8 Å². The summed E-state index contributed by atoms with van der Waals surface area (Å²) in [5, 5.41) is 8.90. The lowest BCUT2D eigenvalue weighted by Gasteiger charge is -2.37. The molecule has 4 heteroatoms. The molecule has 4 nitrogen and oxygen atoms in total. The van der Waals surface area contributed by atoms with E-state index in [9.17, 15) is 4.79 Å². The number of fused-ring (bicyclic) bond motifs is 1. The van der Waals surface area contributed by atoms with Gasteiger partial charge in [-0.2, -0.15) is 0 Å². The predicted molar refractivity (Wildman–Crippen MR) is 55.7 cm³/mol. The molecule has 0 bridgehead atoms. The molecule has 2 aliphatic heterocycles. The molecule has 3 atom stereocenters. The molecule has 86 valence electrons. The highest BCUT2D eigenvalue weighted by atomic mass is 16.5. The zero-order valence-electron chi connectivity index (χ0n) is 9.19. The molecule has 2 fully saturated rings. The van der Waals surface area contributed by atoms with Gasteiger partial charge >= 0.3 is 5.97 Å². The summed E-state index contributed by atoms with van der Waals surface area (Å²) in [4.78, 5) is 13.1. The minimum Gasteiger partial charge on any atom is -0.481 e. The fourth-order valence-corrected chi connectivity index (χ4v) is 2.65. The summed E-state index contributed by atoms with van der Waals surface area (Å²) < 4.78 is 5.47. The second-order valence-electron chi connectivity index (χ2n) is 4.74. The van der Waals surface area contributed by atoms with Gasteiger partial charge in [0.2, 0.25) is 0 Å². The molecule has 15 heavy (non-hydrogen) atoms. The van der Waals surface area contributed by atoms with Crippen molar-refractivity contribution >= 4 is 5.97 Å². The quantitative estimate of drug-likeness (QED) is 0.754. The number of carboxylic acids is 1. The van der Waals surface area contributed by atoms with E-state index in [1.165, 1.54) is 12.8 Å². The monoisotopic (exact) mass is 213 g/mol. The Morgan fingerprint density at radius 3 is 3.13 bits per heavy atom. The molecule has 0 saturated carbocycles. The van der Waals surface area contributed by atoms with Gasteiger partial charge in [0.1, 0.15) is 0 Å². The van der Waals surface area contributed by atoms with Crippen LogP contribution in [0.2, 0.25) is 0 Å². The van der Waals surface area contributed by atoms with Gasteiger partial charge in [0.25, 0.3) is 0 Å². The number of rotatable bonds is 3. The van der Waals surface area contributed by atoms with Gasteiger partial charge in [-0.05, 0) is 19.4 Å². The minimum absolute atomic E-state index is 0.274. The molecular weight excluding hydrogens is 194 g/mol. The van der Waals surface area contributed by atoms with Gasteiger partial charge in [-0.3, -0.25) is 9.69 Å². The number of ether oxygens (including phenoxy) is 1. The molecule has 0 aromatic heterocycles. The van der Waals surface area contributed by atoms with Gasteiger partial charge in [-0.1, -0.05) is 6.92 Å². The molecule has 2 rings (SSSR count). The number of hydrogen-bond acceptors (Lipinski definition) is 3. The molecule has 0 spiro atoms. The van der Waals surface area contributed by atoms with Gasteiger partial charge in [-0.15, -0.1) is 0 Å². The highest BCUT2D eigenvalue weighted by Gasteiger charge is 2.36. The maximum absolute atomic E-state index is 10.8. The Morgan fingerprint density at radius 1 is 1.60 bits per heavy atom. The van der Waals surface area contributed by atoms with E-state index >= 15 is 0 Å². The van der Waals surface area contributed by atoms with Gasteiger partial charge in [-0.25, -0.2) is 0 Å². The largest absolute Gasteiger partial charge is 0.481 e. The Morgan fingerprint density at radius 2 is 2.40 bits per heavy atom.